The summed E-state index contributed by atoms with van der Waals surface area (Å²) in [6, 6.07) is 7.10. The molecule has 13 heavy (non-hydrogen) atoms. The van der Waals surface area contributed by atoms with Gasteiger partial charge in [-0.3, -0.25) is 4.79 Å². The van der Waals surface area contributed by atoms with Crippen LogP contribution in [0.1, 0.15) is 35.7 Å². The monoisotopic (exact) mass is 178 g/mol. The molecule has 2 nitrogen and oxygen atoms in total. The van der Waals surface area contributed by atoms with E-state index >= 15 is 0 Å². The highest BCUT2D eigenvalue weighted by Crippen LogP contribution is 2.07. The average Bonchev–Trinajstić information content (AvgIpc) is 2.18. The van der Waals surface area contributed by atoms with Crippen molar-refractivity contribution in [2.24, 2.45) is 0 Å². The molecule has 0 fully saturated rings. The summed E-state index contributed by atoms with van der Waals surface area (Å²) >= 11 is 0. The molecule has 1 rings (SSSR count). The first kappa shape index (κ1) is 9.93. The highest BCUT2D eigenvalue weighted by molar-refractivity contribution is 5.95. The molecule has 0 saturated heterocycles. The lowest BCUT2D eigenvalue weighted by molar-refractivity contribution is 0.0981. The fourth-order valence-corrected chi connectivity index (χ4v) is 1.17. The highest BCUT2D eigenvalue weighted by Gasteiger charge is 2.03. The molecule has 2 heteroatoms. The number of carbonyl (C=O) groups excluding carboxylic acids is 1. The van der Waals surface area contributed by atoms with Crippen molar-refractivity contribution < 1.29 is 9.90 Å². The summed E-state index contributed by atoms with van der Waals surface area (Å²) in [5.74, 6) is 0.173. The Hall–Kier alpha value is -1.15. The molecule has 0 heterocycles. The van der Waals surface area contributed by atoms with E-state index in [1.807, 2.05) is 6.92 Å². The topological polar surface area (TPSA) is 37.3 Å². The Balaban J connectivity index is 2.74. The second kappa shape index (κ2) is 4.77. The number of benzene rings is 1. The van der Waals surface area contributed by atoms with Crippen molar-refractivity contribution in [2.45, 2.75) is 26.4 Å². The maximum absolute atomic E-state index is 11.4. The van der Waals surface area contributed by atoms with Gasteiger partial charge in [-0.25, -0.2) is 0 Å². The van der Waals surface area contributed by atoms with Crippen LogP contribution < -0.4 is 0 Å². The molecular formula is C11H14O2. The predicted molar refractivity (Wildman–Crippen MR) is 51.6 cm³/mol. The lowest BCUT2D eigenvalue weighted by atomic mass is 10.1. The molecule has 0 aliphatic heterocycles. The predicted octanol–water partition coefficient (Wildman–Crippen LogP) is 2.16. The van der Waals surface area contributed by atoms with Gasteiger partial charge in [-0.15, -0.1) is 0 Å². The molecule has 1 aromatic rings. The number of hydrogen-bond donors (Lipinski definition) is 1. The number of carbonyl (C=O) groups is 1. The Labute approximate surface area is 78.2 Å². The lowest BCUT2D eigenvalue weighted by Gasteiger charge is -2.00. The number of aliphatic hydroxyl groups is 1. The van der Waals surface area contributed by atoms with Crippen LogP contribution in [0.15, 0.2) is 24.3 Å². The minimum atomic E-state index is 0.0300. The molecule has 0 amide bonds. The molecule has 0 unspecified atom stereocenters. The second-order valence-electron chi connectivity index (χ2n) is 3.03. The number of ketones is 1. The normalized spacial score (nSPS) is 10.0. The summed E-state index contributed by atoms with van der Waals surface area (Å²) in [5.41, 5.74) is 1.58. The SMILES string of the molecule is CCCC(=O)c1ccc(CO)cc1. The van der Waals surface area contributed by atoms with Crippen molar-refractivity contribution in [1.29, 1.82) is 0 Å². The van der Waals surface area contributed by atoms with Gasteiger partial charge in [0.15, 0.2) is 5.78 Å². The highest BCUT2D eigenvalue weighted by atomic mass is 16.3. The van der Waals surface area contributed by atoms with Gasteiger partial charge in [0.1, 0.15) is 0 Å². The van der Waals surface area contributed by atoms with Crippen molar-refractivity contribution in [1.82, 2.24) is 0 Å². The average molecular weight is 178 g/mol. The summed E-state index contributed by atoms with van der Waals surface area (Å²) in [6.45, 7) is 2.02. The molecular weight excluding hydrogens is 164 g/mol. The van der Waals surface area contributed by atoms with Crippen molar-refractivity contribution >= 4 is 5.78 Å². The first-order valence-electron chi connectivity index (χ1n) is 4.51. The first-order valence-corrected chi connectivity index (χ1v) is 4.51. The molecule has 70 valence electrons. The Bertz CT molecular complexity index is 275. The Morgan fingerprint density at radius 3 is 2.38 bits per heavy atom. The van der Waals surface area contributed by atoms with Gasteiger partial charge < -0.3 is 5.11 Å². The number of rotatable bonds is 4. The summed E-state index contributed by atoms with van der Waals surface area (Å²) in [7, 11) is 0. The molecule has 1 aromatic carbocycles. The Morgan fingerprint density at radius 1 is 1.31 bits per heavy atom. The minimum absolute atomic E-state index is 0.0300. The number of hydrogen-bond acceptors (Lipinski definition) is 2. The van der Waals surface area contributed by atoms with Gasteiger partial charge >= 0.3 is 0 Å². The molecule has 0 radical (unpaired) electrons. The van der Waals surface area contributed by atoms with Gasteiger partial charge in [-0.1, -0.05) is 31.2 Å². The van der Waals surface area contributed by atoms with Crippen LogP contribution in [0.2, 0.25) is 0 Å². The van der Waals surface area contributed by atoms with E-state index in [1.165, 1.54) is 0 Å². The third kappa shape index (κ3) is 2.67. The van der Waals surface area contributed by atoms with E-state index in [0.717, 1.165) is 17.5 Å². The van der Waals surface area contributed by atoms with Gasteiger partial charge in [0.2, 0.25) is 0 Å². The van der Waals surface area contributed by atoms with E-state index in [2.05, 4.69) is 0 Å². The van der Waals surface area contributed by atoms with Crippen LogP contribution in [-0.2, 0) is 6.61 Å². The summed E-state index contributed by atoms with van der Waals surface area (Å²) in [6.07, 6.45) is 1.47. The third-order valence-corrected chi connectivity index (χ3v) is 1.94. The van der Waals surface area contributed by atoms with Crippen molar-refractivity contribution in [3.8, 4) is 0 Å². The number of Topliss-reactive ketones (excluding diaryl/α,β-unsaturated/α-hetero) is 1. The van der Waals surface area contributed by atoms with Gasteiger partial charge in [0.05, 0.1) is 6.61 Å². The van der Waals surface area contributed by atoms with E-state index in [1.54, 1.807) is 24.3 Å². The van der Waals surface area contributed by atoms with E-state index in [9.17, 15) is 4.79 Å². The van der Waals surface area contributed by atoms with Crippen LogP contribution in [0.25, 0.3) is 0 Å². The quantitative estimate of drug-likeness (QED) is 0.717. The third-order valence-electron chi connectivity index (χ3n) is 1.94. The summed E-state index contributed by atoms with van der Waals surface area (Å²) in [5, 5.41) is 8.79. The van der Waals surface area contributed by atoms with Crippen molar-refractivity contribution in [3.05, 3.63) is 35.4 Å². The molecule has 0 saturated carbocycles. The first-order chi connectivity index (χ1) is 6.27. The van der Waals surface area contributed by atoms with E-state index in [-0.39, 0.29) is 12.4 Å². The van der Waals surface area contributed by atoms with Crippen LogP contribution in [0.5, 0.6) is 0 Å². The van der Waals surface area contributed by atoms with E-state index in [0.29, 0.717) is 6.42 Å². The summed E-state index contributed by atoms with van der Waals surface area (Å²) in [4.78, 5) is 11.4. The molecule has 0 bridgehead atoms. The summed E-state index contributed by atoms with van der Waals surface area (Å²) < 4.78 is 0. The van der Waals surface area contributed by atoms with Gasteiger partial charge in [-0.05, 0) is 12.0 Å². The minimum Gasteiger partial charge on any atom is -0.392 e. The zero-order valence-electron chi connectivity index (χ0n) is 7.79. The Morgan fingerprint density at radius 2 is 1.92 bits per heavy atom. The fraction of sp³-hybridized carbons (Fsp3) is 0.364. The largest absolute Gasteiger partial charge is 0.392 e. The Kier molecular flexibility index (Phi) is 3.65. The standard InChI is InChI=1S/C11H14O2/c1-2-3-11(13)10-6-4-9(8-12)5-7-10/h4-7,12H,2-3,8H2,1H3. The molecule has 0 aromatic heterocycles. The van der Waals surface area contributed by atoms with E-state index in [4.69, 9.17) is 5.11 Å². The molecule has 0 aliphatic rings. The van der Waals surface area contributed by atoms with E-state index < -0.39 is 0 Å². The van der Waals surface area contributed by atoms with Gasteiger partial charge in [-0.2, -0.15) is 0 Å². The van der Waals surface area contributed by atoms with Crippen LogP contribution in [0, 0.1) is 0 Å². The zero-order chi connectivity index (χ0) is 9.68. The second-order valence-corrected chi connectivity index (χ2v) is 3.03. The lowest BCUT2D eigenvalue weighted by Crippen LogP contribution is -1.97. The van der Waals surface area contributed by atoms with Crippen molar-refractivity contribution in [3.63, 3.8) is 0 Å². The van der Waals surface area contributed by atoms with Gasteiger partial charge in [0, 0.05) is 12.0 Å². The van der Waals surface area contributed by atoms with Crippen LogP contribution in [-0.4, -0.2) is 10.9 Å². The maximum Gasteiger partial charge on any atom is 0.162 e. The smallest absolute Gasteiger partial charge is 0.162 e. The van der Waals surface area contributed by atoms with Gasteiger partial charge in [0.25, 0.3) is 0 Å². The number of aliphatic hydroxyl groups excluding tert-OH is 1. The molecule has 0 atom stereocenters. The molecule has 1 N–H and O–H groups in total. The van der Waals surface area contributed by atoms with Crippen molar-refractivity contribution in [2.75, 3.05) is 0 Å². The fourth-order valence-electron chi connectivity index (χ4n) is 1.17. The molecule has 0 aliphatic carbocycles. The molecule has 0 spiro atoms. The maximum atomic E-state index is 11.4. The van der Waals surface area contributed by atoms with Crippen LogP contribution in [0.3, 0.4) is 0 Å². The van der Waals surface area contributed by atoms with Crippen LogP contribution >= 0.6 is 0 Å². The zero-order valence-corrected chi connectivity index (χ0v) is 7.79. The van der Waals surface area contributed by atoms with Crippen LogP contribution in [0.4, 0.5) is 0 Å².